The second kappa shape index (κ2) is 6.39. The maximum absolute atomic E-state index is 13.6. The molecule has 0 spiro atoms. The molecule has 2 aromatic rings. The lowest BCUT2D eigenvalue weighted by Gasteiger charge is -2.17. The van der Waals surface area contributed by atoms with Crippen molar-refractivity contribution in [2.45, 2.75) is 19.4 Å². The van der Waals surface area contributed by atoms with Gasteiger partial charge in [-0.3, -0.25) is 9.59 Å². The number of anilines is 1. The lowest BCUT2D eigenvalue weighted by molar-refractivity contribution is -0.118. The molecule has 0 radical (unpaired) electrons. The van der Waals surface area contributed by atoms with Crippen molar-refractivity contribution >= 4 is 17.5 Å². The highest BCUT2D eigenvalue weighted by molar-refractivity contribution is 6.04. The molecule has 1 unspecified atom stereocenters. The number of rotatable bonds is 3. The van der Waals surface area contributed by atoms with E-state index in [1.165, 1.54) is 0 Å². The van der Waals surface area contributed by atoms with Crippen LogP contribution >= 0.6 is 0 Å². The smallest absolute Gasteiger partial charge is 0.255 e. The third-order valence-corrected chi connectivity index (χ3v) is 4.03. The number of hydrogen-bond acceptors (Lipinski definition) is 2. The van der Waals surface area contributed by atoms with Gasteiger partial charge in [0.1, 0.15) is 17.7 Å². The Hall–Kier alpha value is -2.76. The molecule has 2 amide bonds. The number of carbonyl (C=O) groups excluding carboxylic acids is 2. The third kappa shape index (κ3) is 3.13. The Morgan fingerprint density at radius 3 is 2.58 bits per heavy atom. The maximum atomic E-state index is 13.6. The fourth-order valence-corrected chi connectivity index (χ4v) is 2.70. The molecule has 4 nitrogen and oxygen atoms in total. The van der Waals surface area contributed by atoms with Crippen LogP contribution in [0.5, 0.6) is 0 Å². The Kier molecular flexibility index (Phi) is 4.29. The summed E-state index contributed by atoms with van der Waals surface area (Å²) in [6.45, 7) is 2.41. The van der Waals surface area contributed by atoms with Gasteiger partial charge in [-0.1, -0.05) is 17.7 Å². The molecule has 1 aliphatic rings. The molecule has 0 aliphatic carbocycles. The van der Waals surface area contributed by atoms with Crippen LogP contribution in [0.4, 0.5) is 14.5 Å². The van der Waals surface area contributed by atoms with E-state index in [1.54, 1.807) is 4.90 Å². The summed E-state index contributed by atoms with van der Waals surface area (Å²) < 4.78 is 26.8. The van der Waals surface area contributed by atoms with Crippen LogP contribution < -0.4 is 10.2 Å². The van der Waals surface area contributed by atoms with Crippen LogP contribution in [0.15, 0.2) is 42.5 Å². The van der Waals surface area contributed by atoms with Gasteiger partial charge in [0, 0.05) is 12.2 Å². The lowest BCUT2D eigenvalue weighted by atomic mass is 10.1. The molecule has 0 bridgehead atoms. The monoisotopic (exact) mass is 330 g/mol. The first-order valence-corrected chi connectivity index (χ1v) is 7.59. The number of nitrogens with zero attached hydrogens (tertiary/aromatic N) is 1. The van der Waals surface area contributed by atoms with Gasteiger partial charge in [0.15, 0.2) is 0 Å². The highest BCUT2D eigenvalue weighted by Crippen LogP contribution is 2.22. The van der Waals surface area contributed by atoms with Crippen molar-refractivity contribution in [2.24, 2.45) is 0 Å². The second-order valence-corrected chi connectivity index (χ2v) is 5.76. The quantitative estimate of drug-likeness (QED) is 0.941. The maximum Gasteiger partial charge on any atom is 0.255 e. The van der Waals surface area contributed by atoms with Crippen LogP contribution in [-0.2, 0) is 4.79 Å². The van der Waals surface area contributed by atoms with E-state index in [4.69, 9.17) is 0 Å². The molecule has 1 heterocycles. The van der Waals surface area contributed by atoms with Crippen molar-refractivity contribution in [1.82, 2.24) is 5.32 Å². The number of amides is 2. The van der Waals surface area contributed by atoms with Gasteiger partial charge in [-0.2, -0.15) is 0 Å². The first-order valence-electron chi connectivity index (χ1n) is 7.59. The summed E-state index contributed by atoms with van der Waals surface area (Å²) in [4.78, 5) is 26.1. The van der Waals surface area contributed by atoms with E-state index in [9.17, 15) is 18.4 Å². The van der Waals surface area contributed by atoms with Crippen molar-refractivity contribution in [2.75, 3.05) is 11.4 Å². The Balaban J connectivity index is 1.72. The zero-order valence-corrected chi connectivity index (χ0v) is 13.1. The highest BCUT2D eigenvalue weighted by atomic mass is 19.1. The summed E-state index contributed by atoms with van der Waals surface area (Å²) >= 11 is 0. The minimum Gasteiger partial charge on any atom is -0.340 e. The molecule has 1 aliphatic heterocycles. The molecule has 2 aromatic carbocycles. The predicted octanol–water partition coefficient (Wildman–Crippen LogP) is 2.81. The fourth-order valence-electron chi connectivity index (χ4n) is 2.70. The van der Waals surface area contributed by atoms with Crippen molar-refractivity contribution < 1.29 is 18.4 Å². The zero-order valence-electron chi connectivity index (χ0n) is 13.1. The molecule has 1 fully saturated rings. The molecule has 6 heteroatoms. The van der Waals surface area contributed by atoms with E-state index >= 15 is 0 Å². The van der Waals surface area contributed by atoms with Crippen LogP contribution in [0.25, 0.3) is 0 Å². The van der Waals surface area contributed by atoms with E-state index in [0.717, 1.165) is 29.4 Å². The molecule has 1 N–H and O–H groups in total. The van der Waals surface area contributed by atoms with Gasteiger partial charge in [-0.05, 0) is 43.7 Å². The summed E-state index contributed by atoms with van der Waals surface area (Å²) in [5, 5.41) is 2.49. The average molecular weight is 330 g/mol. The van der Waals surface area contributed by atoms with Crippen molar-refractivity contribution in [1.29, 1.82) is 0 Å². The van der Waals surface area contributed by atoms with Gasteiger partial charge in [0.25, 0.3) is 5.91 Å². The van der Waals surface area contributed by atoms with Gasteiger partial charge in [0.05, 0.1) is 5.56 Å². The summed E-state index contributed by atoms with van der Waals surface area (Å²) in [5.74, 6) is -2.59. The minimum absolute atomic E-state index is 0.260. The van der Waals surface area contributed by atoms with Crippen LogP contribution in [0.1, 0.15) is 22.3 Å². The second-order valence-electron chi connectivity index (χ2n) is 5.76. The van der Waals surface area contributed by atoms with Gasteiger partial charge < -0.3 is 10.2 Å². The van der Waals surface area contributed by atoms with E-state index in [-0.39, 0.29) is 5.91 Å². The molecule has 24 heavy (non-hydrogen) atoms. The Morgan fingerprint density at radius 2 is 1.88 bits per heavy atom. The Morgan fingerprint density at radius 1 is 1.17 bits per heavy atom. The van der Waals surface area contributed by atoms with Crippen LogP contribution in [0, 0.1) is 18.6 Å². The third-order valence-electron chi connectivity index (χ3n) is 4.03. The number of nitrogens with one attached hydrogen (secondary N) is 1. The number of hydrogen-bond donors (Lipinski definition) is 1. The average Bonchev–Trinajstić information content (AvgIpc) is 2.91. The van der Waals surface area contributed by atoms with Gasteiger partial charge in [0.2, 0.25) is 5.91 Å². The molecule has 1 saturated heterocycles. The van der Waals surface area contributed by atoms with Gasteiger partial charge in [-0.25, -0.2) is 8.78 Å². The molecule has 124 valence electrons. The van der Waals surface area contributed by atoms with Crippen LogP contribution in [-0.4, -0.2) is 24.4 Å². The topological polar surface area (TPSA) is 49.4 Å². The number of benzene rings is 2. The molecular weight excluding hydrogens is 314 g/mol. The van der Waals surface area contributed by atoms with Crippen molar-refractivity contribution in [3.05, 3.63) is 65.2 Å². The van der Waals surface area contributed by atoms with Crippen LogP contribution in [0.3, 0.4) is 0 Å². The molecule has 1 atom stereocenters. The fraction of sp³-hybridized carbons (Fsp3) is 0.222. The summed E-state index contributed by atoms with van der Waals surface area (Å²) in [6, 6.07) is 9.37. The van der Waals surface area contributed by atoms with E-state index in [1.807, 2.05) is 31.2 Å². The van der Waals surface area contributed by atoms with Crippen molar-refractivity contribution in [3.8, 4) is 0 Å². The first-order chi connectivity index (χ1) is 11.5. The predicted molar refractivity (Wildman–Crippen MR) is 85.8 cm³/mol. The lowest BCUT2D eigenvalue weighted by Crippen LogP contribution is -2.41. The van der Waals surface area contributed by atoms with E-state index < -0.39 is 29.1 Å². The van der Waals surface area contributed by atoms with E-state index in [2.05, 4.69) is 5.32 Å². The molecular formula is C18H16F2N2O2. The minimum atomic E-state index is -0.824. The molecule has 3 rings (SSSR count). The standard InChI is InChI=1S/C18H16F2N2O2/c1-11-2-5-13(6-3-11)22-9-8-16(18(22)24)21-17(23)14-10-12(19)4-7-15(14)20/h2-7,10,16H,8-9H2,1H3,(H,21,23). The largest absolute Gasteiger partial charge is 0.340 e. The highest BCUT2D eigenvalue weighted by Gasteiger charge is 2.34. The van der Waals surface area contributed by atoms with Crippen molar-refractivity contribution in [3.63, 3.8) is 0 Å². The summed E-state index contributed by atoms with van der Waals surface area (Å²) in [5.41, 5.74) is 1.42. The summed E-state index contributed by atoms with van der Waals surface area (Å²) in [7, 11) is 0. The Bertz CT molecular complexity index is 790. The SMILES string of the molecule is Cc1ccc(N2CCC(NC(=O)c3cc(F)ccc3F)C2=O)cc1. The van der Waals surface area contributed by atoms with Gasteiger partial charge in [-0.15, -0.1) is 0 Å². The van der Waals surface area contributed by atoms with Crippen LogP contribution in [0.2, 0.25) is 0 Å². The molecule has 0 aromatic heterocycles. The summed E-state index contributed by atoms with van der Waals surface area (Å²) in [6.07, 6.45) is 0.412. The zero-order chi connectivity index (χ0) is 17.3. The Labute approximate surface area is 138 Å². The molecule has 0 saturated carbocycles. The number of aryl methyl sites for hydroxylation is 1. The number of halogens is 2. The number of carbonyl (C=O) groups is 2. The van der Waals surface area contributed by atoms with E-state index in [0.29, 0.717) is 13.0 Å². The normalized spacial score (nSPS) is 17.2. The van der Waals surface area contributed by atoms with Gasteiger partial charge >= 0.3 is 0 Å². The first kappa shape index (κ1) is 16.1.